The Bertz CT molecular complexity index is 768. The SMILES string of the molecule is CO[C@@H](C)CCNC(=O)c1cccc(-c2ccc(F)c(C#N)c2)c1. The number of ether oxygens (including phenoxy) is 1. The van der Waals surface area contributed by atoms with E-state index in [1.807, 2.05) is 19.1 Å². The minimum Gasteiger partial charge on any atom is -0.382 e. The van der Waals surface area contributed by atoms with Gasteiger partial charge in [0.2, 0.25) is 0 Å². The van der Waals surface area contributed by atoms with Crippen molar-refractivity contribution >= 4 is 5.91 Å². The Balaban J connectivity index is 2.14. The van der Waals surface area contributed by atoms with Crippen LogP contribution in [0.2, 0.25) is 0 Å². The maximum absolute atomic E-state index is 13.4. The molecule has 2 aromatic carbocycles. The summed E-state index contributed by atoms with van der Waals surface area (Å²) in [6.45, 7) is 2.46. The maximum Gasteiger partial charge on any atom is 0.251 e. The number of benzene rings is 2. The van der Waals surface area contributed by atoms with Crippen LogP contribution in [0, 0.1) is 17.1 Å². The van der Waals surface area contributed by atoms with Crippen molar-refractivity contribution in [2.24, 2.45) is 0 Å². The Hall–Kier alpha value is -2.71. The molecule has 0 saturated heterocycles. The molecule has 0 heterocycles. The third kappa shape index (κ3) is 4.40. The van der Waals surface area contributed by atoms with Gasteiger partial charge in [0.05, 0.1) is 11.7 Å². The Morgan fingerprint density at radius 1 is 1.29 bits per heavy atom. The normalized spacial score (nSPS) is 11.6. The van der Waals surface area contributed by atoms with Crippen molar-refractivity contribution in [1.82, 2.24) is 5.32 Å². The van der Waals surface area contributed by atoms with E-state index in [4.69, 9.17) is 10.00 Å². The van der Waals surface area contributed by atoms with E-state index in [-0.39, 0.29) is 17.6 Å². The number of nitriles is 1. The number of nitrogens with zero attached hydrogens (tertiary/aromatic N) is 1. The van der Waals surface area contributed by atoms with E-state index in [0.29, 0.717) is 17.7 Å². The minimum atomic E-state index is -0.553. The molecule has 0 spiro atoms. The van der Waals surface area contributed by atoms with Crippen LogP contribution >= 0.6 is 0 Å². The van der Waals surface area contributed by atoms with Crippen LogP contribution in [0.4, 0.5) is 4.39 Å². The van der Waals surface area contributed by atoms with Crippen LogP contribution in [0.1, 0.15) is 29.3 Å². The molecular formula is C19H19FN2O2. The van der Waals surface area contributed by atoms with Crippen molar-refractivity contribution in [1.29, 1.82) is 5.26 Å². The minimum absolute atomic E-state index is 0.0177. The standard InChI is InChI=1S/C19H19FN2O2/c1-13(24-2)8-9-22-19(23)16-5-3-4-14(10-16)15-6-7-18(20)17(11-15)12-21/h3-7,10-11,13H,8-9H2,1-2H3,(H,22,23)/t13-/m0/s1. The lowest BCUT2D eigenvalue weighted by Gasteiger charge is -2.11. The average Bonchev–Trinajstić information content (AvgIpc) is 2.61. The Morgan fingerprint density at radius 2 is 2.04 bits per heavy atom. The maximum atomic E-state index is 13.4. The van der Waals surface area contributed by atoms with Gasteiger partial charge < -0.3 is 10.1 Å². The van der Waals surface area contributed by atoms with Crippen molar-refractivity contribution < 1.29 is 13.9 Å². The van der Waals surface area contributed by atoms with E-state index >= 15 is 0 Å². The van der Waals surface area contributed by atoms with Crippen LogP contribution in [0.5, 0.6) is 0 Å². The zero-order chi connectivity index (χ0) is 17.5. The zero-order valence-corrected chi connectivity index (χ0v) is 13.7. The van der Waals surface area contributed by atoms with E-state index in [1.165, 1.54) is 12.1 Å². The lowest BCUT2D eigenvalue weighted by molar-refractivity contribution is 0.0918. The monoisotopic (exact) mass is 326 g/mol. The van der Waals surface area contributed by atoms with Gasteiger partial charge >= 0.3 is 0 Å². The summed E-state index contributed by atoms with van der Waals surface area (Å²) in [4.78, 5) is 12.2. The van der Waals surface area contributed by atoms with Gasteiger partial charge in [-0.15, -0.1) is 0 Å². The smallest absolute Gasteiger partial charge is 0.251 e. The summed E-state index contributed by atoms with van der Waals surface area (Å²) in [6.07, 6.45) is 0.811. The van der Waals surface area contributed by atoms with Gasteiger partial charge in [-0.05, 0) is 48.7 Å². The molecule has 0 bridgehead atoms. The number of carbonyl (C=O) groups excluding carboxylic acids is 1. The molecule has 2 aromatic rings. The summed E-state index contributed by atoms with van der Waals surface area (Å²) in [5.41, 5.74) is 1.94. The van der Waals surface area contributed by atoms with Crippen molar-refractivity contribution in [3.05, 3.63) is 59.4 Å². The molecule has 0 radical (unpaired) electrons. The topological polar surface area (TPSA) is 62.1 Å². The van der Waals surface area contributed by atoms with Gasteiger partial charge in [0.15, 0.2) is 0 Å². The molecule has 0 aliphatic carbocycles. The first-order valence-corrected chi connectivity index (χ1v) is 7.66. The van der Waals surface area contributed by atoms with Crippen molar-refractivity contribution in [2.75, 3.05) is 13.7 Å². The summed E-state index contributed by atoms with van der Waals surface area (Å²) in [5, 5.41) is 11.8. The average molecular weight is 326 g/mol. The van der Waals surface area contributed by atoms with E-state index in [0.717, 1.165) is 12.0 Å². The first kappa shape index (κ1) is 17.6. The lowest BCUT2D eigenvalue weighted by Crippen LogP contribution is -2.26. The lowest BCUT2D eigenvalue weighted by atomic mass is 10.0. The molecule has 1 N–H and O–H groups in total. The summed E-state index contributed by atoms with van der Waals surface area (Å²) in [6, 6.07) is 13.2. The third-order valence-corrected chi connectivity index (χ3v) is 3.78. The fourth-order valence-electron chi connectivity index (χ4n) is 2.24. The second-order valence-electron chi connectivity index (χ2n) is 5.48. The summed E-state index contributed by atoms with van der Waals surface area (Å²) in [5.74, 6) is -0.731. The van der Waals surface area contributed by atoms with Gasteiger partial charge in [0, 0.05) is 19.2 Å². The number of nitrogens with one attached hydrogen (secondary N) is 1. The highest BCUT2D eigenvalue weighted by Crippen LogP contribution is 2.23. The summed E-state index contributed by atoms with van der Waals surface area (Å²) >= 11 is 0. The molecule has 0 aromatic heterocycles. The molecule has 124 valence electrons. The number of methoxy groups -OCH3 is 1. The number of hydrogen-bond donors (Lipinski definition) is 1. The molecule has 2 rings (SSSR count). The number of halogens is 1. The zero-order valence-electron chi connectivity index (χ0n) is 13.7. The van der Waals surface area contributed by atoms with Crippen LogP contribution in [0.15, 0.2) is 42.5 Å². The molecule has 0 fully saturated rings. The molecule has 4 nitrogen and oxygen atoms in total. The largest absolute Gasteiger partial charge is 0.382 e. The quantitative estimate of drug-likeness (QED) is 0.883. The highest BCUT2D eigenvalue weighted by Gasteiger charge is 2.09. The van der Waals surface area contributed by atoms with E-state index in [2.05, 4.69) is 5.32 Å². The van der Waals surface area contributed by atoms with Crippen LogP contribution < -0.4 is 5.32 Å². The summed E-state index contributed by atoms with van der Waals surface area (Å²) in [7, 11) is 1.63. The molecular weight excluding hydrogens is 307 g/mol. The van der Waals surface area contributed by atoms with Gasteiger partial charge in [-0.3, -0.25) is 4.79 Å². The Labute approximate surface area is 140 Å². The van der Waals surface area contributed by atoms with Crippen molar-refractivity contribution in [2.45, 2.75) is 19.4 Å². The second kappa shape index (κ2) is 8.23. The number of carbonyl (C=O) groups is 1. The van der Waals surface area contributed by atoms with Crippen molar-refractivity contribution in [3.63, 3.8) is 0 Å². The van der Waals surface area contributed by atoms with Crippen LogP contribution in [-0.4, -0.2) is 25.7 Å². The van der Waals surface area contributed by atoms with E-state index in [1.54, 1.807) is 31.4 Å². The molecule has 5 heteroatoms. The molecule has 0 aliphatic heterocycles. The highest BCUT2D eigenvalue weighted by atomic mass is 19.1. The van der Waals surface area contributed by atoms with E-state index < -0.39 is 5.82 Å². The number of hydrogen-bond acceptors (Lipinski definition) is 3. The Kier molecular flexibility index (Phi) is 6.05. The predicted octanol–water partition coefficient (Wildman–Crippen LogP) is 3.52. The molecule has 0 saturated carbocycles. The molecule has 0 aliphatic rings. The first-order chi connectivity index (χ1) is 11.5. The van der Waals surface area contributed by atoms with Crippen LogP contribution in [-0.2, 0) is 4.74 Å². The van der Waals surface area contributed by atoms with Gasteiger partial charge in [-0.2, -0.15) is 5.26 Å². The van der Waals surface area contributed by atoms with Gasteiger partial charge in [0.1, 0.15) is 11.9 Å². The van der Waals surface area contributed by atoms with Crippen LogP contribution in [0.3, 0.4) is 0 Å². The first-order valence-electron chi connectivity index (χ1n) is 7.66. The predicted molar refractivity (Wildman–Crippen MR) is 90.0 cm³/mol. The van der Waals surface area contributed by atoms with Gasteiger partial charge in [0.25, 0.3) is 5.91 Å². The Morgan fingerprint density at radius 3 is 2.75 bits per heavy atom. The highest BCUT2D eigenvalue weighted by molar-refractivity contribution is 5.95. The summed E-state index contributed by atoms with van der Waals surface area (Å²) < 4.78 is 18.6. The molecule has 0 unspecified atom stereocenters. The van der Waals surface area contributed by atoms with Crippen molar-refractivity contribution in [3.8, 4) is 17.2 Å². The molecule has 1 amide bonds. The van der Waals surface area contributed by atoms with E-state index in [9.17, 15) is 9.18 Å². The number of rotatable bonds is 6. The third-order valence-electron chi connectivity index (χ3n) is 3.78. The molecule has 24 heavy (non-hydrogen) atoms. The van der Waals surface area contributed by atoms with Crippen LogP contribution in [0.25, 0.3) is 11.1 Å². The number of amides is 1. The van der Waals surface area contributed by atoms with Gasteiger partial charge in [-0.25, -0.2) is 4.39 Å². The fraction of sp³-hybridized carbons (Fsp3) is 0.263. The molecule has 1 atom stereocenters. The second-order valence-corrected chi connectivity index (χ2v) is 5.48. The van der Waals surface area contributed by atoms with Gasteiger partial charge in [-0.1, -0.05) is 18.2 Å². The fourth-order valence-corrected chi connectivity index (χ4v) is 2.24.